The lowest BCUT2D eigenvalue weighted by molar-refractivity contribution is 0.0578. The molecule has 0 fully saturated rings. The van der Waals surface area contributed by atoms with Crippen molar-refractivity contribution in [2.24, 2.45) is 7.05 Å². The summed E-state index contributed by atoms with van der Waals surface area (Å²) in [4.78, 5) is 14.0. The van der Waals surface area contributed by atoms with Gasteiger partial charge in [0.2, 0.25) is 0 Å². The summed E-state index contributed by atoms with van der Waals surface area (Å²) in [5, 5.41) is 7.71. The lowest BCUT2D eigenvalue weighted by Crippen LogP contribution is -2.46. The molecule has 2 rings (SSSR count). The number of aromatic nitrogens is 2. The second-order valence-corrected chi connectivity index (χ2v) is 6.04. The third-order valence-electron chi connectivity index (χ3n) is 2.91. The Morgan fingerprint density at radius 2 is 2.11 bits per heavy atom. The van der Waals surface area contributed by atoms with E-state index in [2.05, 4.69) is 10.4 Å². The van der Waals surface area contributed by atoms with Crippen LogP contribution < -0.4 is 10.2 Å². The van der Waals surface area contributed by atoms with Gasteiger partial charge in [0, 0.05) is 19.6 Å². The SMILES string of the molecule is Cc1nn(C)c2c1N(C(=O)OC(C)(C)C)CC(C)N2. The maximum absolute atomic E-state index is 12.3. The number of nitrogens with zero attached hydrogens (tertiary/aromatic N) is 3. The van der Waals surface area contributed by atoms with Gasteiger partial charge in [-0.3, -0.25) is 9.58 Å². The molecule has 19 heavy (non-hydrogen) atoms. The number of hydrogen-bond acceptors (Lipinski definition) is 4. The van der Waals surface area contributed by atoms with E-state index in [-0.39, 0.29) is 12.1 Å². The van der Waals surface area contributed by atoms with Crippen molar-refractivity contribution >= 4 is 17.6 Å². The maximum atomic E-state index is 12.3. The zero-order chi connectivity index (χ0) is 14.4. The van der Waals surface area contributed by atoms with E-state index in [1.54, 1.807) is 9.58 Å². The topological polar surface area (TPSA) is 59.4 Å². The quantitative estimate of drug-likeness (QED) is 0.782. The van der Waals surface area contributed by atoms with E-state index in [0.29, 0.717) is 6.54 Å². The van der Waals surface area contributed by atoms with Gasteiger partial charge in [-0.25, -0.2) is 4.79 Å². The maximum Gasteiger partial charge on any atom is 0.415 e. The minimum Gasteiger partial charge on any atom is -0.443 e. The van der Waals surface area contributed by atoms with Gasteiger partial charge in [-0.15, -0.1) is 0 Å². The molecule has 106 valence electrons. The number of ether oxygens (including phenoxy) is 1. The summed E-state index contributed by atoms with van der Waals surface area (Å²) in [6, 6.07) is 0.162. The molecule has 0 aliphatic carbocycles. The molecule has 6 heteroatoms. The molecular formula is C13H22N4O2. The lowest BCUT2D eigenvalue weighted by Gasteiger charge is -2.34. The zero-order valence-corrected chi connectivity index (χ0v) is 12.4. The number of rotatable bonds is 0. The first-order chi connectivity index (χ1) is 8.69. The number of aryl methyl sites for hydroxylation is 2. The van der Waals surface area contributed by atoms with Gasteiger partial charge in [-0.2, -0.15) is 5.10 Å². The van der Waals surface area contributed by atoms with Crippen LogP contribution in [0.15, 0.2) is 0 Å². The van der Waals surface area contributed by atoms with E-state index in [9.17, 15) is 4.79 Å². The summed E-state index contributed by atoms with van der Waals surface area (Å²) in [5.74, 6) is 0.863. The normalized spacial score (nSPS) is 18.8. The van der Waals surface area contributed by atoms with Crippen molar-refractivity contribution in [1.82, 2.24) is 9.78 Å². The first-order valence-electron chi connectivity index (χ1n) is 6.49. The predicted molar refractivity (Wildman–Crippen MR) is 74.6 cm³/mol. The monoisotopic (exact) mass is 266 g/mol. The molecule has 0 saturated carbocycles. The Hall–Kier alpha value is -1.72. The van der Waals surface area contributed by atoms with E-state index < -0.39 is 5.60 Å². The summed E-state index contributed by atoms with van der Waals surface area (Å²) < 4.78 is 7.23. The van der Waals surface area contributed by atoms with E-state index in [4.69, 9.17) is 4.74 Å². The molecule has 2 heterocycles. The van der Waals surface area contributed by atoms with Crippen molar-refractivity contribution in [1.29, 1.82) is 0 Å². The summed E-state index contributed by atoms with van der Waals surface area (Å²) in [6.07, 6.45) is -0.321. The summed E-state index contributed by atoms with van der Waals surface area (Å²) in [6.45, 7) is 10.1. The van der Waals surface area contributed by atoms with Gasteiger partial charge >= 0.3 is 6.09 Å². The van der Waals surface area contributed by atoms with Crippen LogP contribution >= 0.6 is 0 Å². The van der Waals surface area contributed by atoms with Crippen molar-refractivity contribution in [2.45, 2.75) is 46.3 Å². The van der Waals surface area contributed by atoms with Gasteiger partial charge < -0.3 is 10.1 Å². The zero-order valence-electron chi connectivity index (χ0n) is 12.4. The van der Waals surface area contributed by atoms with Crippen molar-refractivity contribution in [3.05, 3.63) is 5.69 Å². The number of carbonyl (C=O) groups is 1. The highest BCUT2D eigenvalue weighted by Crippen LogP contribution is 2.34. The van der Waals surface area contributed by atoms with Crippen LogP contribution in [0.25, 0.3) is 0 Å². The number of amides is 1. The van der Waals surface area contributed by atoms with Gasteiger partial charge in [0.05, 0.1) is 5.69 Å². The molecule has 1 amide bonds. The van der Waals surface area contributed by atoms with Crippen LogP contribution in [0, 0.1) is 6.92 Å². The molecule has 0 spiro atoms. The molecule has 1 N–H and O–H groups in total. The van der Waals surface area contributed by atoms with Crippen LogP contribution in [0.5, 0.6) is 0 Å². The smallest absolute Gasteiger partial charge is 0.415 e. The number of carbonyl (C=O) groups excluding carboxylic acids is 1. The summed E-state index contributed by atoms with van der Waals surface area (Å²) in [5.41, 5.74) is 1.14. The third-order valence-corrected chi connectivity index (χ3v) is 2.91. The van der Waals surface area contributed by atoms with E-state index in [1.165, 1.54) is 0 Å². The van der Waals surface area contributed by atoms with Crippen LogP contribution in [0.3, 0.4) is 0 Å². The Morgan fingerprint density at radius 1 is 1.47 bits per heavy atom. The fraction of sp³-hybridized carbons (Fsp3) is 0.692. The van der Waals surface area contributed by atoms with E-state index in [0.717, 1.165) is 17.2 Å². The molecule has 1 aromatic heterocycles. The second-order valence-electron chi connectivity index (χ2n) is 6.04. The fourth-order valence-corrected chi connectivity index (χ4v) is 2.26. The summed E-state index contributed by atoms with van der Waals surface area (Å²) >= 11 is 0. The highest BCUT2D eigenvalue weighted by molar-refractivity contribution is 5.94. The minimum absolute atomic E-state index is 0.162. The van der Waals surface area contributed by atoms with Gasteiger partial charge in [-0.1, -0.05) is 0 Å². The Kier molecular flexibility index (Phi) is 3.20. The number of anilines is 2. The predicted octanol–water partition coefficient (Wildman–Crippen LogP) is 2.28. The van der Waals surface area contributed by atoms with Crippen LogP contribution in [0.2, 0.25) is 0 Å². The molecule has 6 nitrogen and oxygen atoms in total. The molecular weight excluding hydrogens is 244 g/mol. The molecule has 0 aromatic carbocycles. The van der Waals surface area contributed by atoms with Crippen molar-refractivity contribution in [2.75, 3.05) is 16.8 Å². The third kappa shape index (κ3) is 2.67. The fourth-order valence-electron chi connectivity index (χ4n) is 2.26. The molecule has 0 bridgehead atoms. The second kappa shape index (κ2) is 4.43. The largest absolute Gasteiger partial charge is 0.443 e. The van der Waals surface area contributed by atoms with Crippen molar-refractivity contribution < 1.29 is 9.53 Å². The first kappa shape index (κ1) is 13.7. The van der Waals surface area contributed by atoms with Crippen LogP contribution in [0.1, 0.15) is 33.4 Å². The average molecular weight is 266 g/mol. The van der Waals surface area contributed by atoms with Gasteiger partial charge in [0.25, 0.3) is 0 Å². The molecule has 1 atom stereocenters. The van der Waals surface area contributed by atoms with Gasteiger partial charge in [0.15, 0.2) is 0 Å². The van der Waals surface area contributed by atoms with Crippen molar-refractivity contribution in [3.63, 3.8) is 0 Å². The number of fused-ring (bicyclic) bond motifs is 1. The van der Waals surface area contributed by atoms with Crippen LogP contribution in [0.4, 0.5) is 16.3 Å². The van der Waals surface area contributed by atoms with Crippen molar-refractivity contribution in [3.8, 4) is 0 Å². The highest BCUT2D eigenvalue weighted by atomic mass is 16.6. The Balaban J connectivity index is 2.35. The Morgan fingerprint density at radius 3 is 2.68 bits per heavy atom. The number of nitrogens with one attached hydrogen (secondary N) is 1. The molecule has 0 saturated heterocycles. The average Bonchev–Trinajstić information content (AvgIpc) is 2.51. The Labute approximate surface area is 113 Å². The van der Waals surface area contributed by atoms with Gasteiger partial charge in [-0.05, 0) is 34.6 Å². The highest BCUT2D eigenvalue weighted by Gasteiger charge is 2.33. The van der Waals surface area contributed by atoms with E-state index in [1.807, 2.05) is 41.7 Å². The minimum atomic E-state index is -0.499. The first-order valence-corrected chi connectivity index (χ1v) is 6.49. The molecule has 1 unspecified atom stereocenters. The summed E-state index contributed by atoms with van der Waals surface area (Å²) in [7, 11) is 1.87. The van der Waals surface area contributed by atoms with Gasteiger partial charge in [0.1, 0.15) is 17.1 Å². The van der Waals surface area contributed by atoms with E-state index >= 15 is 0 Å². The van der Waals surface area contributed by atoms with Crippen LogP contribution in [-0.2, 0) is 11.8 Å². The molecule has 1 aliphatic rings. The lowest BCUT2D eigenvalue weighted by atomic mass is 10.2. The standard InChI is InChI=1S/C13H22N4O2/c1-8-7-17(12(18)19-13(3,4)5)10-9(2)15-16(6)11(10)14-8/h8,14H,7H2,1-6H3. The van der Waals surface area contributed by atoms with Crippen LogP contribution in [-0.4, -0.2) is 34.1 Å². The Bertz CT molecular complexity index is 501. The molecule has 1 aliphatic heterocycles. The molecule has 0 radical (unpaired) electrons. The molecule has 1 aromatic rings. The number of hydrogen-bond donors (Lipinski definition) is 1.